The fourth-order valence-electron chi connectivity index (χ4n) is 1.45. The second-order valence-electron chi connectivity index (χ2n) is 5.02. The molecule has 84 valence electrons. The average Bonchev–Trinajstić information content (AvgIpc) is 2.16. The van der Waals surface area contributed by atoms with Crippen LogP contribution in [-0.4, -0.2) is 12.2 Å². The Kier molecular flexibility index (Phi) is 3.10. The van der Waals surface area contributed by atoms with Gasteiger partial charge in [-0.25, -0.2) is 0 Å². The molecular weight excluding hydrogens is 188 g/mol. The van der Waals surface area contributed by atoms with E-state index in [0.717, 1.165) is 11.3 Å². The zero-order chi connectivity index (χ0) is 11.7. The lowest BCUT2D eigenvalue weighted by Crippen LogP contribution is -2.37. The van der Waals surface area contributed by atoms with Crippen LogP contribution in [0.15, 0.2) is 24.3 Å². The Morgan fingerprint density at radius 2 is 1.60 bits per heavy atom. The van der Waals surface area contributed by atoms with Crippen molar-refractivity contribution in [3.05, 3.63) is 29.8 Å². The Hall–Kier alpha value is -1.02. The molecule has 0 fully saturated rings. The number of hydrogen-bond donors (Lipinski definition) is 1. The van der Waals surface area contributed by atoms with Gasteiger partial charge in [-0.3, -0.25) is 0 Å². The molecule has 0 radical (unpaired) electrons. The van der Waals surface area contributed by atoms with E-state index in [2.05, 4.69) is 0 Å². The van der Waals surface area contributed by atoms with Crippen LogP contribution in [-0.2, 0) is 5.60 Å². The number of para-hydroxylation sites is 1. The number of benzene rings is 1. The summed E-state index contributed by atoms with van der Waals surface area (Å²) in [6.07, 6.45) is 0. The Balaban J connectivity index is 3.26. The second-order valence-corrected chi connectivity index (χ2v) is 5.02. The van der Waals surface area contributed by atoms with Gasteiger partial charge in [0.05, 0.1) is 12.7 Å². The topological polar surface area (TPSA) is 29.5 Å². The number of hydrogen-bond acceptors (Lipinski definition) is 2. The molecule has 0 amide bonds. The molecule has 1 aromatic rings. The van der Waals surface area contributed by atoms with Gasteiger partial charge in [-0.15, -0.1) is 0 Å². The van der Waals surface area contributed by atoms with Gasteiger partial charge in [0.1, 0.15) is 5.75 Å². The Morgan fingerprint density at radius 3 is 2.07 bits per heavy atom. The summed E-state index contributed by atoms with van der Waals surface area (Å²) in [5, 5.41) is 10.6. The maximum Gasteiger partial charge on any atom is 0.124 e. The van der Waals surface area contributed by atoms with Crippen LogP contribution in [0.2, 0.25) is 0 Å². The minimum Gasteiger partial charge on any atom is -0.496 e. The van der Waals surface area contributed by atoms with Crippen molar-refractivity contribution in [1.29, 1.82) is 0 Å². The molecular formula is C13H20O2. The molecule has 1 aromatic carbocycles. The smallest absolute Gasteiger partial charge is 0.124 e. The first-order valence-electron chi connectivity index (χ1n) is 5.16. The van der Waals surface area contributed by atoms with E-state index in [0.29, 0.717) is 0 Å². The molecule has 1 N–H and O–H groups in total. The van der Waals surface area contributed by atoms with Gasteiger partial charge < -0.3 is 9.84 Å². The van der Waals surface area contributed by atoms with E-state index in [9.17, 15) is 5.11 Å². The van der Waals surface area contributed by atoms with E-state index in [-0.39, 0.29) is 5.41 Å². The minimum absolute atomic E-state index is 0.234. The van der Waals surface area contributed by atoms with Gasteiger partial charge in [0, 0.05) is 5.56 Å². The van der Waals surface area contributed by atoms with Crippen LogP contribution in [0, 0.1) is 5.41 Å². The van der Waals surface area contributed by atoms with Crippen LogP contribution < -0.4 is 4.74 Å². The van der Waals surface area contributed by atoms with Crippen LogP contribution in [0.1, 0.15) is 33.3 Å². The molecule has 0 aliphatic rings. The number of ether oxygens (including phenoxy) is 1. The second kappa shape index (κ2) is 3.86. The summed E-state index contributed by atoms with van der Waals surface area (Å²) >= 11 is 0. The van der Waals surface area contributed by atoms with Gasteiger partial charge in [0.2, 0.25) is 0 Å². The molecule has 0 saturated carbocycles. The van der Waals surface area contributed by atoms with Crippen molar-refractivity contribution in [2.24, 2.45) is 5.41 Å². The lowest BCUT2D eigenvalue weighted by atomic mass is 9.73. The SMILES string of the molecule is COc1ccccc1C(C)(O)C(C)(C)C. The first-order chi connectivity index (χ1) is 6.80. The lowest BCUT2D eigenvalue weighted by molar-refractivity contribution is -0.0485. The van der Waals surface area contributed by atoms with Gasteiger partial charge in [0.25, 0.3) is 0 Å². The molecule has 15 heavy (non-hydrogen) atoms. The zero-order valence-corrected chi connectivity index (χ0v) is 10.2. The number of aliphatic hydroxyl groups is 1. The van der Waals surface area contributed by atoms with Gasteiger partial charge in [0.15, 0.2) is 0 Å². The first-order valence-corrected chi connectivity index (χ1v) is 5.16. The summed E-state index contributed by atoms with van der Waals surface area (Å²) in [5.41, 5.74) is -0.304. The highest BCUT2D eigenvalue weighted by molar-refractivity contribution is 5.38. The van der Waals surface area contributed by atoms with Gasteiger partial charge in [-0.05, 0) is 18.4 Å². The maximum atomic E-state index is 10.6. The summed E-state index contributed by atoms with van der Waals surface area (Å²) in [6.45, 7) is 7.86. The van der Waals surface area contributed by atoms with Crippen LogP contribution in [0.4, 0.5) is 0 Å². The van der Waals surface area contributed by atoms with Crippen molar-refractivity contribution in [3.8, 4) is 5.75 Å². The van der Waals surface area contributed by atoms with Crippen LogP contribution in [0.3, 0.4) is 0 Å². The van der Waals surface area contributed by atoms with Gasteiger partial charge >= 0.3 is 0 Å². The molecule has 0 aromatic heterocycles. The van der Waals surface area contributed by atoms with E-state index < -0.39 is 5.60 Å². The first kappa shape index (κ1) is 12.1. The summed E-state index contributed by atoms with van der Waals surface area (Å²) in [7, 11) is 1.62. The molecule has 0 saturated heterocycles. The van der Waals surface area contributed by atoms with Crippen molar-refractivity contribution in [2.45, 2.75) is 33.3 Å². The van der Waals surface area contributed by atoms with Crippen LogP contribution in [0.25, 0.3) is 0 Å². The highest BCUT2D eigenvalue weighted by Crippen LogP contribution is 2.42. The molecule has 1 unspecified atom stereocenters. The van der Waals surface area contributed by atoms with Crippen molar-refractivity contribution >= 4 is 0 Å². The standard InChI is InChI=1S/C13H20O2/c1-12(2,3)13(4,14)10-8-6-7-9-11(10)15-5/h6-9,14H,1-5H3. The monoisotopic (exact) mass is 208 g/mol. The molecule has 1 rings (SSSR count). The van der Waals surface area contributed by atoms with Crippen molar-refractivity contribution < 1.29 is 9.84 Å². The quantitative estimate of drug-likeness (QED) is 0.809. The summed E-state index contributed by atoms with van der Waals surface area (Å²) in [5.74, 6) is 0.734. The van der Waals surface area contributed by atoms with Crippen LogP contribution >= 0.6 is 0 Å². The van der Waals surface area contributed by atoms with Crippen molar-refractivity contribution in [3.63, 3.8) is 0 Å². The molecule has 2 nitrogen and oxygen atoms in total. The largest absolute Gasteiger partial charge is 0.496 e. The fraction of sp³-hybridized carbons (Fsp3) is 0.538. The van der Waals surface area contributed by atoms with E-state index in [1.165, 1.54) is 0 Å². The molecule has 1 atom stereocenters. The van der Waals surface area contributed by atoms with Gasteiger partial charge in [-0.1, -0.05) is 39.0 Å². The summed E-state index contributed by atoms with van der Waals surface area (Å²) in [6, 6.07) is 7.60. The highest BCUT2D eigenvalue weighted by atomic mass is 16.5. The molecule has 0 spiro atoms. The van der Waals surface area contributed by atoms with Crippen molar-refractivity contribution in [1.82, 2.24) is 0 Å². The van der Waals surface area contributed by atoms with Crippen molar-refractivity contribution in [2.75, 3.05) is 7.11 Å². The van der Waals surface area contributed by atoms with E-state index in [1.54, 1.807) is 7.11 Å². The number of methoxy groups -OCH3 is 1. The summed E-state index contributed by atoms with van der Waals surface area (Å²) in [4.78, 5) is 0. The highest BCUT2D eigenvalue weighted by Gasteiger charge is 2.38. The van der Waals surface area contributed by atoms with E-state index in [4.69, 9.17) is 4.74 Å². The van der Waals surface area contributed by atoms with Crippen LogP contribution in [0.5, 0.6) is 5.75 Å². The maximum absolute atomic E-state index is 10.6. The third-order valence-corrected chi connectivity index (χ3v) is 3.09. The molecule has 0 heterocycles. The Labute approximate surface area is 91.9 Å². The normalized spacial score (nSPS) is 15.9. The minimum atomic E-state index is -0.903. The third kappa shape index (κ3) is 2.15. The van der Waals surface area contributed by atoms with E-state index >= 15 is 0 Å². The van der Waals surface area contributed by atoms with E-state index in [1.807, 2.05) is 52.0 Å². The molecule has 2 heteroatoms. The molecule has 0 aliphatic carbocycles. The molecule has 0 bridgehead atoms. The Bertz CT molecular complexity index is 335. The predicted octanol–water partition coefficient (Wildman–Crippen LogP) is 2.95. The molecule has 0 aliphatic heterocycles. The zero-order valence-electron chi connectivity index (χ0n) is 10.2. The Morgan fingerprint density at radius 1 is 1.07 bits per heavy atom. The third-order valence-electron chi connectivity index (χ3n) is 3.09. The fourth-order valence-corrected chi connectivity index (χ4v) is 1.45. The predicted molar refractivity (Wildman–Crippen MR) is 62.0 cm³/mol. The average molecular weight is 208 g/mol. The van der Waals surface area contributed by atoms with Gasteiger partial charge in [-0.2, -0.15) is 0 Å². The lowest BCUT2D eigenvalue weighted by Gasteiger charge is -2.38. The summed E-state index contributed by atoms with van der Waals surface area (Å²) < 4.78 is 5.27. The number of rotatable bonds is 2.